The third-order valence-corrected chi connectivity index (χ3v) is 3.14. The number of nitrogens with one attached hydrogen (secondary N) is 1. The SMILES string of the molecule is O=C[C@H](CCCOCc1ccccc1)ONc1ccccc1. The first-order valence-electron chi connectivity index (χ1n) is 7.42. The van der Waals surface area contributed by atoms with Crippen molar-refractivity contribution in [2.75, 3.05) is 12.1 Å². The Bertz CT molecular complexity index is 531. The molecule has 116 valence electrons. The molecule has 0 saturated carbocycles. The molecule has 0 amide bonds. The second kappa shape index (κ2) is 9.71. The number of benzene rings is 2. The van der Waals surface area contributed by atoms with Crippen LogP contribution in [0.25, 0.3) is 0 Å². The summed E-state index contributed by atoms with van der Waals surface area (Å²) in [6.45, 7) is 1.20. The number of anilines is 1. The van der Waals surface area contributed by atoms with Crippen LogP contribution < -0.4 is 5.48 Å². The fourth-order valence-corrected chi connectivity index (χ4v) is 1.96. The van der Waals surface area contributed by atoms with Crippen molar-refractivity contribution in [3.8, 4) is 0 Å². The molecule has 1 N–H and O–H groups in total. The smallest absolute Gasteiger partial charge is 0.151 e. The van der Waals surface area contributed by atoms with E-state index in [-0.39, 0.29) is 0 Å². The Morgan fingerprint density at radius 3 is 2.36 bits per heavy atom. The Morgan fingerprint density at radius 1 is 1.00 bits per heavy atom. The maximum absolute atomic E-state index is 11.0. The first-order valence-corrected chi connectivity index (χ1v) is 7.42. The van der Waals surface area contributed by atoms with E-state index >= 15 is 0 Å². The Morgan fingerprint density at radius 2 is 1.68 bits per heavy atom. The maximum Gasteiger partial charge on any atom is 0.151 e. The van der Waals surface area contributed by atoms with Crippen molar-refractivity contribution in [3.05, 3.63) is 66.2 Å². The Hall–Kier alpha value is -2.17. The summed E-state index contributed by atoms with van der Waals surface area (Å²) in [6, 6.07) is 19.5. The normalized spacial score (nSPS) is 11.8. The van der Waals surface area contributed by atoms with Crippen LogP contribution in [0, 0.1) is 0 Å². The summed E-state index contributed by atoms with van der Waals surface area (Å²) in [7, 11) is 0. The molecule has 0 bridgehead atoms. The van der Waals surface area contributed by atoms with Gasteiger partial charge in [-0.25, -0.2) is 0 Å². The summed E-state index contributed by atoms with van der Waals surface area (Å²) in [5, 5.41) is 0. The molecule has 0 fully saturated rings. The van der Waals surface area contributed by atoms with E-state index in [0.29, 0.717) is 19.6 Å². The van der Waals surface area contributed by atoms with Gasteiger partial charge < -0.3 is 9.53 Å². The van der Waals surface area contributed by atoms with Gasteiger partial charge in [-0.15, -0.1) is 0 Å². The van der Waals surface area contributed by atoms with E-state index in [2.05, 4.69) is 5.48 Å². The van der Waals surface area contributed by atoms with E-state index in [4.69, 9.17) is 9.57 Å². The van der Waals surface area contributed by atoms with Gasteiger partial charge in [-0.2, -0.15) is 0 Å². The van der Waals surface area contributed by atoms with E-state index < -0.39 is 6.10 Å². The van der Waals surface area contributed by atoms with Crippen LogP contribution >= 0.6 is 0 Å². The highest BCUT2D eigenvalue weighted by atomic mass is 16.7. The van der Waals surface area contributed by atoms with Gasteiger partial charge in [0, 0.05) is 6.61 Å². The van der Waals surface area contributed by atoms with Crippen molar-refractivity contribution in [2.24, 2.45) is 0 Å². The lowest BCUT2D eigenvalue weighted by molar-refractivity contribution is -0.117. The summed E-state index contributed by atoms with van der Waals surface area (Å²) < 4.78 is 5.59. The molecule has 22 heavy (non-hydrogen) atoms. The van der Waals surface area contributed by atoms with Crippen molar-refractivity contribution in [1.29, 1.82) is 0 Å². The van der Waals surface area contributed by atoms with Gasteiger partial charge in [-0.05, 0) is 30.5 Å². The number of rotatable bonds is 10. The molecule has 1 atom stereocenters. The van der Waals surface area contributed by atoms with Gasteiger partial charge in [0.15, 0.2) is 6.29 Å². The predicted molar refractivity (Wildman–Crippen MR) is 86.3 cm³/mol. The molecule has 2 rings (SSSR count). The van der Waals surface area contributed by atoms with E-state index in [1.54, 1.807) is 0 Å². The molecule has 0 spiro atoms. The zero-order valence-electron chi connectivity index (χ0n) is 12.5. The molecule has 4 heteroatoms. The molecule has 0 aromatic heterocycles. The predicted octanol–water partition coefficient (Wildman–Crippen LogP) is 3.59. The van der Waals surface area contributed by atoms with Crippen LogP contribution in [0.5, 0.6) is 0 Å². The van der Waals surface area contributed by atoms with Crippen LogP contribution in [0.4, 0.5) is 5.69 Å². The monoisotopic (exact) mass is 299 g/mol. The Balaban J connectivity index is 1.59. The largest absolute Gasteiger partial charge is 0.377 e. The summed E-state index contributed by atoms with van der Waals surface area (Å²) in [5.74, 6) is 0. The highest BCUT2D eigenvalue weighted by Crippen LogP contribution is 2.08. The van der Waals surface area contributed by atoms with Gasteiger partial charge in [0.05, 0.1) is 12.3 Å². The number of para-hydroxylation sites is 1. The molecular weight excluding hydrogens is 278 g/mol. The average molecular weight is 299 g/mol. The van der Waals surface area contributed by atoms with E-state index in [9.17, 15) is 4.79 Å². The van der Waals surface area contributed by atoms with Crippen molar-refractivity contribution in [3.63, 3.8) is 0 Å². The van der Waals surface area contributed by atoms with Gasteiger partial charge >= 0.3 is 0 Å². The highest BCUT2D eigenvalue weighted by Gasteiger charge is 2.07. The topological polar surface area (TPSA) is 47.6 Å². The summed E-state index contributed by atoms with van der Waals surface area (Å²) >= 11 is 0. The number of aldehydes is 1. The van der Waals surface area contributed by atoms with Crippen LogP contribution in [-0.4, -0.2) is 19.0 Å². The molecule has 0 aliphatic carbocycles. The molecule has 0 aliphatic heterocycles. The lowest BCUT2D eigenvalue weighted by atomic mass is 10.2. The quantitative estimate of drug-likeness (QED) is 0.414. The van der Waals surface area contributed by atoms with Gasteiger partial charge in [0.25, 0.3) is 0 Å². The first-order chi connectivity index (χ1) is 10.9. The van der Waals surface area contributed by atoms with Crippen molar-refractivity contribution in [1.82, 2.24) is 0 Å². The summed E-state index contributed by atoms with van der Waals surface area (Å²) in [5.41, 5.74) is 4.77. The van der Waals surface area contributed by atoms with Crippen LogP contribution in [0.2, 0.25) is 0 Å². The van der Waals surface area contributed by atoms with Crippen LogP contribution in [0.3, 0.4) is 0 Å². The fraction of sp³-hybridized carbons (Fsp3) is 0.278. The molecule has 0 radical (unpaired) electrons. The second-order valence-corrected chi connectivity index (χ2v) is 4.94. The van der Waals surface area contributed by atoms with E-state index in [1.165, 1.54) is 0 Å². The second-order valence-electron chi connectivity index (χ2n) is 4.94. The third-order valence-electron chi connectivity index (χ3n) is 3.14. The summed E-state index contributed by atoms with van der Waals surface area (Å²) in [4.78, 5) is 16.4. The zero-order chi connectivity index (χ0) is 15.5. The molecule has 0 heterocycles. The molecular formula is C18H21NO3. The summed E-state index contributed by atoms with van der Waals surface area (Å²) in [6.07, 6.45) is 1.73. The van der Waals surface area contributed by atoms with Gasteiger partial charge in [0.2, 0.25) is 0 Å². The molecule has 4 nitrogen and oxygen atoms in total. The number of carbonyl (C=O) groups excluding carboxylic acids is 1. The fourth-order valence-electron chi connectivity index (χ4n) is 1.96. The minimum absolute atomic E-state index is 0.472. The van der Waals surface area contributed by atoms with Crippen molar-refractivity contribution >= 4 is 12.0 Å². The molecule has 0 saturated heterocycles. The number of hydrogen-bond donors (Lipinski definition) is 1. The molecule has 0 unspecified atom stereocenters. The van der Waals surface area contributed by atoms with Gasteiger partial charge in [-0.3, -0.25) is 10.3 Å². The third kappa shape index (κ3) is 6.08. The lowest BCUT2D eigenvalue weighted by Crippen LogP contribution is -2.19. The number of carbonyl (C=O) groups is 1. The van der Waals surface area contributed by atoms with Crippen molar-refractivity contribution in [2.45, 2.75) is 25.6 Å². The first kappa shape index (κ1) is 16.2. The van der Waals surface area contributed by atoms with E-state index in [1.807, 2.05) is 60.7 Å². The molecule has 2 aromatic carbocycles. The Labute approximate surface area is 131 Å². The number of ether oxygens (including phenoxy) is 1. The zero-order valence-corrected chi connectivity index (χ0v) is 12.5. The standard InChI is InChI=1S/C18H21NO3/c20-14-18(22-19-17-10-5-2-6-11-17)12-7-13-21-15-16-8-3-1-4-9-16/h1-6,8-11,14,18-19H,7,12-13,15H2/t18-/m0/s1. The van der Waals surface area contributed by atoms with Crippen LogP contribution in [0.15, 0.2) is 60.7 Å². The van der Waals surface area contributed by atoms with Crippen molar-refractivity contribution < 1.29 is 14.4 Å². The Kier molecular flexibility index (Phi) is 7.15. The highest BCUT2D eigenvalue weighted by molar-refractivity contribution is 5.56. The van der Waals surface area contributed by atoms with Crippen LogP contribution in [-0.2, 0) is 21.0 Å². The number of hydrogen-bond acceptors (Lipinski definition) is 4. The maximum atomic E-state index is 11.0. The van der Waals surface area contributed by atoms with Gasteiger partial charge in [0.1, 0.15) is 6.10 Å². The molecule has 0 aliphatic rings. The van der Waals surface area contributed by atoms with Crippen LogP contribution in [0.1, 0.15) is 18.4 Å². The van der Waals surface area contributed by atoms with E-state index in [0.717, 1.165) is 24.0 Å². The molecule has 2 aromatic rings. The average Bonchev–Trinajstić information content (AvgIpc) is 2.59. The minimum Gasteiger partial charge on any atom is -0.377 e. The lowest BCUT2D eigenvalue weighted by Gasteiger charge is -2.13. The minimum atomic E-state index is -0.472. The van der Waals surface area contributed by atoms with Gasteiger partial charge in [-0.1, -0.05) is 48.5 Å².